The lowest BCUT2D eigenvalue weighted by Crippen LogP contribution is -1.99. The maximum atomic E-state index is 5.11. The highest BCUT2D eigenvalue weighted by molar-refractivity contribution is 4.43. The molecule has 0 aromatic carbocycles. The van der Waals surface area contributed by atoms with Crippen LogP contribution in [-0.2, 0) is 9.47 Å². The second-order valence-corrected chi connectivity index (χ2v) is 2.85. The molecule has 2 nitrogen and oxygen atoms in total. The SMILES string of the molecule is COCOCCCC(C)C. The fourth-order valence-corrected chi connectivity index (χ4v) is 0.736. The van der Waals surface area contributed by atoms with E-state index in [0.29, 0.717) is 6.79 Å². The number of methoxy groups -OCH3 is 1. The summed E-state index contributed by atoms with van der Waals surface area (Å²) in [6.07, 6.45) is 2.38. The van der Waals surface area contributed by atoms with Crippen LogP contribution in [0.15, 0.2) is 0 Å². The van der Waals surface area contributed by atoms with Crippen LogP contribution in [0.2, 0.25) is 0 Å². The van der Waals surface area contributed by atoms with Crippen LogP contribution in [0, 0.1) is 5.92 Å². The summed E-state index contributed by atoms with van der Waals surface area (Å²) < 4.78 is 9.84. The van der Waals surface area contributed by atoms with Crippen LogP contribution in [0.4, 0.5) is 0 Å². The summed E-state index contributed by atoms with van der Waals surface area (Å²) in [5.41, 5.74) is 0. The molecule has 0 bridgehead atoms. The minimum absolute atomic E-state index is 0.429. The van der Waals surface area contributed by atoms with Crippen molar-refractivity contribution in [1.29, 1.82) is 0 Å². The smallest absolute Gasteiger partial charge is 0.146 e. The quantitative estimate of drug-likeness (QED) is 0.421. The maximum Gasteiger partial charge on any atom is 0.146 e. The zero-order chi connectivity index (χ0) is 7.82. The number of hydrogen-bond acceptors (Lipinski definition) is 2. The molecule has 0 aromatic rings. The summed E-state index contributed by atoms with van der Waals surface area (Å²) in [4.78, 5) is 0. The Morgan fingerprint density at radius 2 is 2.00 bits per heavy atom. The Morgan fingerprint density at radius 3 is 2.50 bits per heavy atom. The van der Waals surface area contributed by atoms with Crippen molar-refractivity contribution in [2.75, 3.05) is 20.5 Å². The highest BCUT2D eigenvalue weighted by Crippen LogP contribution is 2.02. The zero-order valence-electron chi connectivity index (χ0n) is 7.22. The lowest BCUT2D eigenvalue weighted by molar-refractivity contribution is -0.0320. The summed E-state index contributed by atoms with van der Waals surface area (Å²) in [7, 11) is 1.64. The lowest BCUT2D eigenvalue weighted by Gasteiger charge is -2.04. The molecule has 0 aliphatic carbocycles. The monoisotopic (exact) mass is 146 g/mol. The van der Waals surface area contributed by atoms with Gasteiger partial charge in [-0.2, -0.15) is 0 Å². The average molecular weight is 146 g/mol. The van der Waals surface area contributed by atoms with Crippen molar-refractivity contribution in [1.82, 2.24) is 0 Å². The predicted octanol–water partition coefficient (Wildman–Crippen LogP) is 2.04. The van der Waals surface area contributed by atoms with Crippen molar-refractivity contribution < 1.29 is 9.47 Å². The first-order valence-corrected chi connectivity index (χ1v) is 3.84. The predicted molar refractivity (Wildman–Crippen MR) is 41.9 cm³/mol. The van der Waals surface area contributed by atoms with Gasteiger partial charge in [-0.05, 0) is 18.8 Å². The van der Waals surface area contributed by atoms with Gasteiger partial charge < -0.3 is 9.47 Å². The largest absolute Gasteiger partial charge is 0.359 e. The van der Waals surface area contributed by atoms with Gasteiger partial charge >= 0.3 is 0 Å². The molecule has 10 heavy (non-hydrogen) atoms. The van der Waals surface area contributed by atoms with Gasteiger partial charge in [0.2, 0.25) is 0 Å². The van der Waals surface area contributed by atoms with Gasteiger partial charge in [0.25, 0.3) is 0 Å². The van der Waals surface area contributed by atoms with Crippen molar-refractivity contribution in [3.63, 3.8) is 0 Å². The van der Waals surface area contributed by atoms with E-state index in [9.17, 15) is 0 Å². The molecule has 0 saturated carbocycles. The minimum Gasteiger partial charge on any atom is -0.359 e. The van der Waals surface area contributed by atoms with E-state index in [1.165, 1.54) is 6.42 Å². The zero-order valence-corrected chi connectivity index (χ0v) is 7.22. The first-order chi connectivity index (χ1) is 4.77. The first kappa shape index (κ1) is 9.92. The number of hydrogen-bond donors (Lipinski definition) is 0. The Morgan fingerprint density at radius 1 is 1.30 bits per heavy atom. The summed E-state index contributed by atoms with van der Waals surface area (Å²) in [6, 6.07) is 0. The third-order valence-corrected chi connectivity index (χ3v) is 1.27. The molecule has 0 atom stereocenters. The van der Waals surface area contributed by atoms with Gasteiger partial charge in [-0.15, -0.1) is 0 Å². The fourth-order valence-electron chi connectivity index (χ4n) is 0.736. The molecule has 0 heterocycles. The molecule has 0 rings (SSSR count). The van der Waals surface area contributed by atoms with E-state index in [4.69, 9.17) is 9.47 Å². The molecular weight excluding hydrogens is 128 g/mol. The maximum absolute atomic E-state index is 5.11. The molecular formula is C8H18O2. The summed E-state index contributed by atoms with van der Waals surface area (Å²) in [5, 5.41) is 0. The van der Waals surface area contributed by atoms with Crippen LogP contribution in [0.25, 0.3) is 0 Å². The van der Waals surface area contributed by atoms with Crippen molar-refractivity contribution in [3.8, 4) is 0 Å². The van der Waals surface area contributed by atoms with E-state index in [1.807, 2.05) is 0 Å². The second kappa shape index (κ2) is 7.03. The Hall–Kier alpha value is -0.0800. The Labute approximate surface area is 63.5 Å². The molecule has 0 spiro atoms. The topological polar surface area (TPSA) is 18.5 Å². The molecule has 0 aliphatic rings. The van der Waals surface area contributed by atoms with E-state index >= 15 is 0 Å². The fraction of sp³-hybridized carbons (Fsp3) is 1.00. The molecule has 0 N–H and O–H groups in total. The highest BCUT2D eigenvalue weighted by atomic mass is 16.7. The minimum atomic E-state index is 0.429. The molecule has 62 valence electrons. The van der Waals surface area contributed by atoms with Crippen molar-refractivity contribution in [2.45, 2.75) is 26.7 Å². The molecule has 0 radical (unpaired) electrons. The average Bonchev–Trinajstić information content (AvgIpc) is 1.87. The van der Waals surface area contributed by atoms with Gasteiger partial charge in [0.15, 0.2) is 0 Å². The van der Waals surface area contributed by atoms with Gasteiger partial charge in [-0.3, -0.25) is 0 Å². The first-order valence-electron chi connectivity index (χ1n) is 3.84. The lowest BCUT2D eigenvalue weighted by atomic mass is 10.1. The summed E-state index contributed by atoms with van der Waals surface area (Å²) in [5.74, 6) is 0.783. The summed E-state index contributed by atoms with van der Waals surface area (Å²) in [6.45, 7) is 5.69. The molecule has 0 aromatic heterocycles. The van der Waals surface area contributed by atoms with Crippen molar-refractivity contribution >= 4 is 0 Å². The van der Waals surface area contributed by atoms with Crippen LogP contribution in [0.1, 0.15) is 26.7 Å². The van der Waals surface area contributed by atoms with Crippen LogP contribution in [0.5, 0.6) is 0 Å². The molecule has 0 saturated heterocycles. The number of ether oxygens (including phenoxy) is 2. The van der Waals surface area contributed by atoms with E-state index in [1.54, 1.807) is 7.11 Å². The van der Waals surface area contributed by atoms with E-state index in [0.717, 1.165) is 18.9 Å². The molecule has 2 heteroatoms. The van der Waals surface area contributed by atoms with Gasteiger partial charge in [-0.1, -0.05) is 13.8 Å². The Kier molecular flexibility index (Phi) is 6.98. The summed E-state index contributed by atoms with van der Waals surface area (Å²) >= 11 is 0. The number of rotatable bonds is 6. The standard InChI is InChI=1S/C8H18O2/c1-8(2)5-4-6-10-7-9-3/h8H,4-7H2,1-3H3. The second-order valence-electron chi connectivity index (χ2n) is 2.85. The molecule has 0 amide bonds. The Balaban J connectivity index is 2.77. The normalized spacial score (nSPS) is 10.8. The van der Waals surface area contributed by atoms with Crippen LogP contribution in [0.3, 0.4) is 0 Å². The molecule has 0 aliphatic heterocycles. The third-order valence-electron chi connectivity index (χ3n) is 1.27. The third kappa shape index (κ3) is 7.92. The van der Waals surface area contributed by atoms with Crippen molar-refractivity contribution in [3.05, 3.63) is 0 Å². The van der Waals surface area contributed by atoms with Gasteiger partial charge in [-0.25, -0.2) is 0 Å². The van der Waals surface area contributed by atoms with Gasteiger partial charge in [0, 0.05) is 13.7 Å². The van der Waals surface area contributed by atoms with E-state index < -0.39 is 0 Å². The highest BCUT2D eigenvalue weighted by Gasteiger charge is 1.92. The van der Waals surface area contributed by atoms with Gasteiger partial charge in [0.05, 0.1) is 0 Å². The van der Waals surface area contributed by atoms with Crippen LogP contribution >= 0.6 is 0 Å². The van der Waals surface area contributed by atoms with E-state index in [2.05, 4.69) is 13.8 Å². The van der Waals surface area contributed by atoms with Crippen LogP contribution in [-0.4, -0.2) is 20.5 Å². The Bertz CT molecular complexity index is 62.3. The van der Waals surface area contributed by atoms with Crippen LogP contribution < -0.4 is 0 Å². The van der Waals surface area contributed by atoms with E-state index in [-0.39, 0.29) is 0 Å². The molecule has 0 unspecified atom stereocenters. The molecule has 0 fully saturated rings. The van der Waals surface area contributed by atoms with Crippen molar-refractivity contribution in [2.24, 2.45) is 5.92 Å². The van der Waals surface area contributed by atoms with Gasteiger partial charge in [0.1, 0.15) is 6.79 Å².